The predicted molar refractivity (Wildman–Crippen MR) is 90.6 cm³/mol. The number of hydrogen-bond acceptors (Lipinski definition) is 7. The van der Waals surface area contributed by atoms with Crippen LogP contribution in [0.3, 0.4) is 0 Å². The van der Waals surface area contributed by atoms with Gasteiger partial charge in [-0.3, -0.25) is 5.10 Å². The number of benzene rings is 1. The number of carbonyl (C=O) groups is 1. The fourth-order valence-corrected chi connectivity index (χ4v) is 3.17. The molecule has 1 N–H and O–H groups in total. The smallest absolute Gasteiger partial charge is 0.343 e. The zero-order valence-corrected chi connectivity index (χ0v) is 14.3. The van der Waals surface area contributed by atoms with E-state index in [0.717, 1.165) is 11.5 Å². The van der Waals surface area contributed by atoms with Crippen LogP contribution in [0.2, 0.25) is 0 Å². The van der Waals surface area contributed by atoms with Crippen molar-refractivity contribution in [2.24, 2.45) is 4.40 Å². The molecule has 0 unspecified atom stereocenters. The Bertz CT molecular complexity index is 1150. The van der Waals surface area contributed by atoms with Gasteiger partial charge in [0.25, 0.3) is 6.08 Å². The molecular formula is C16H12N4O5S. The number of nitrogens with zero attached hydrogens (tertiary/aromatic N) is 3. The standard InChI is InChI=1S/C16H12N4O5S/c1-2-25-16(22)13-14(19-20-15(13)26(23,24)17-9-21)12-8-7-10-5-3-4-6-11(10)18-12/h3-8H,2H2,1H3,(H,19,20). The Kier molecular flexibility index (Phi) is 4.61. The van der Waals surface area contributed by atoms with E-state index in [9.17, 15) is 18.0 Å². The van der Waals surface area contributed by atoms with Gasteiger partial charge in [0.2, 0.25) is 0 Å². The van der Waals surface area contributed by atoms with Crippen molar-refractivity contribution in [3.05, 3.63) is 42.0 Å². The Hall–Kier alpha value is -3.36. The molecule has 0 aliphatic rings. The number of hydrogen-bond donors (Lipinski definition) is 1. The molecule has 2 heterocycles. The van der Waals surface area contributed by atoms with Crippen molar-refractivity contribution in [3.63, 3.8) is 0 Å². The lowest BCUT2D eigenvalue weighted by Crippen LogP contribution is -2.11. The third-order valence-corrected chi connectivity index (χ3v) is 4.60. The molecular weight excluding hydrogens is 360 g/mol. The van der Waals surface area contributed by atoms with Crippen LogP contribution in [0.15, 0.2) is 45.8 Å². The summed E-state index contributed by atoms with van der Waals surface area (Å²) in [6.45, 7) is 1.59. The Morgan fingerprint density at radius 2 is 2.04 bits per heavy atom. The average molecular weight is 372 g/mol. The minimum atomic E-state index is -4.48. The minimum Gasteiger partial charge on any atom is -0.462 e. The summed E-state index contributed by atoms with van der Waals surface area (Å²) in [5.41, 5.74) is 0.514. The third kappa shape index (κ3) is 3.10. The fourth-order valence-electron chi connectivity index (χ4n) is 2.38. The molecule has 9 nitrogen and oxygen atoms in total. The van der Waals surface area contributed by atoms with E-state index in [1.807, 2.05) is 12.1 Å². The SMILES string of the molecule is CCOC(=O)c1c(-c2ccc3ccccc3n2)n[nH]c1S(=O)(=O)N=C=O. The second kappa shape index (κ2) is 6.87. The summed E-state index contributed by atoms with van der Waals surface area (Å²) in [5, 5.41) is 6.34. The minimum absolute atomic E-state index is 0.0189. The van der Waals surface area contributed by atoms with Gasteiger partial charge in [-0.15, -0.1) is 0 Å². The highest BCUT2D eigenvalue weighted by atomic mass is 32.2. The average Bonchev–Trinajstić information content (AvgIpc) is 3.07. The number of rotatable bonds is 5. The number of carbonyl (C=O) groups excluding carboxylic acids is 2. The second-order valence-corrected chi connectivity index (χ2v) is 6.58. The van der Waals surface area contributed by atoms with Crippen LogP contribution in [0.4, 0.5) is 0 Å². The van der Waals surface area contributed by atoms with Crippen LogP contribution in [0.25, 0.3) is 22.3 Å². The molecule has 132 valence electrons. The van der Waals surface area contributed by atoms with E-state index in [0.29, 0.717) is 5.52 Å². The van der Waals surface area contributed by atoms with Crippen molar-refractivity contribution < 1.29 is 22.7 Å². The quantitative estimate of drug-likeness (QED) is 0.410. The number of esters is 1. The molecule has 0 saturated carbocycles. The first-order chi connectivity index (χ1) is 12.5. The van der Waals surface area contributed by atoms with Gasteiger partial charge in [0.1, 0.15) is 11.3 Å². The first-order valence-electron chi connectivity index (χ1n) is 7.43. The van der Waals surface area contributed by atoms with E-state index in [1.54, 1.807) is 31.2 Å². The van der Waals surface area contributed by atoms with Gasteiger partial charge < -0.3 is 4.74 Å². The molecule has 10 heteroatoms. The highest BCUT2D eigenvalue weighted by Crippen LogP contribution is 2.28. The number of sulfonamides is 1. The molecule has 26 heavy (non-hydrogen) atoms. The van der Waals surface area contributed by atoms with E-state index in [2.05, 4.69) is 19.6 Å². The number of aromatic amines is 1. The summed E-state index contributed by atoms with van der Waals surface area (Å²) < 4.78 is 31.9. The van der Waals surface area contributed by atoms with Gasteiger partial charge in [-0.1, -0.05) is 28.7 Å². The van der Waals surface area contributed by atoms with Crippen molar-refractivity contribution in [1.82, 2.24) is 15.2 Å². The van der Waals surface area contributed by atoms with E-state index in [4.69, 9.17) is 4.74 Å². The van der Waals surface area contributed by atoms with Crippen molar-refractivity contribution >= 4 is 33.0 Å². The molecule has 0 aliphatic heterocycles. The van der Waals surface area contributed by atoms with Crippen LogP contribution < -0.4 is 0 Å². The molecule has 0 saturated heterocycles. The zero-order chi connectivity index (χ0) is 18.7. The number of ether oxygens (including phenoxy) is 1. The Morgan fingerprint density at radius 3 is 2.77 bits per heavy atom. The number of para-hydroxylation sites is 1. The summed E-state index contributed by atoms with van der Waals surface area (Å²) in [6.07, 6.45) is 0.949. The van der Waals surface area contributed by atoms with Crippen molar-refractivity contribution in [1.29, 1.82) is 0 Å². The number of isocyanates is 1. The molecule has 0 aliphatic carbocycles. The molecule has 0 bridgehead atoms. The summed E-state index contributed by atoms with van der Waals surface area (Å²) in [5.74, 6) is -0.925. The fraction of sp³-hybridized carbons (Fsp3) is 0.125. The highest BCUT2D eigenvalue weighted by molar-refractivity contribution is 7.90. The van der Waals surface area contributed by atoms with Gasteiger partial charge in [0, 0.05) is 5.39 Å². The van der Waals surface area contributed by atoms with Gasteiger partial charge in [-0.05, 0) is 19.1 Å². The number of pyridine rings is 1. The molecule has 0 fully saturated rings. The van der Waals surface area contributed by atoms with Crippen LogP contribution in [-0.4, -0.2) is 42.3 Å². The van der Waals surface area contributed by atoms with Crippen LogP contribution in [0, 0.1) is 0 Å². The van der Waals surface area contributed by atoms with E-state index in [1.165, 1.54) is 0 Å². The third-order valence-electron chi connectivity index (χ3n) is 3.47. The summed E-state index contributed by atoms with van der Waals surface area (Å²) in [4.78, 5) is 27.1. The van der Waals surface area contributed by atoms with Crippen molar-refractivity contribution in [2.45, 2.75) is 11.9 Å². The maximum absolute atomic E-state index is 12.3. The molecule has 3 rings (SSSR count). The number of aromatic nitrogens is 3. The van der Waals surface area contributed by atoms with Crippen molar-refractivity contribution in [3.8, 4) is 11.4 Å². The maximum atomic E-state index is 12.3. The highest BCUT2D eigenvalue weighted by Gasteiger charge is 2.31. The van der Waals surface area contributed by atoms with Gasteiger partial charge >= 0.3 is 16.0 Å². The number of fused-ring (bicyclic) bond motifs is 1. The lowest BCUT2D eigenvalue weighted by Gasteiger charge is -2.05. The molecule has 1 aromatic carbocycles. The molecule has 3 aromatic rings. The molecule has 2 aromatic heterocycles. The first kappa shape index (κ1) is 17.5. The van der Waals surface area contributed by atoms with E-state index < -0.39 is 21.0 Å². The predicted octanol–water partition coefficient (Wildman–Crippen LogP) is 1.83. The monoisotopic (exact) mass is 372 g/mol. The summed E-state index contributed by atoms with van der Waals surface area (Å²) >= 11 is 0. The Labute approximate surface area is 147 Å². The lowest BCUT2D eigenvalue weighted by molar-refractivity contribution is 0.0522. The number of nitrogens with one attached hydrogen (secondary N) is 1. The second-order valence-electron chi connectivity index (χ2n) is 5.04. The van der Waals surface area contributed by atoms with Gasteiger partial charge in [0.05, 0.1) is 17.8 Å². The van der Waals surface area contributed by atoms with E-state index >= 15 is 0 Å². The van der Waals surface area contributed by atoms with E-state index in [-0.39, 0.29) is 23.6 Å². The van der Waals surface area contributed by atoms with Gasteiger partial charge in [-0.2, -0.15) is 13.5 Å². The molecule has 0 spiro atoms. The Balaban J connectivity index is 2.25. The lowest BCUT2D eigenvalue weighted by atomic mass is 10.1. The largest absolute Gasteiger partial charge is 0.462 e. The van der Waals surface area contributed by atoms with Crippen LogP contribution in [0.1, 0.15) is 17.3 Å². The van der Waals surface area contributed by atoms with Gasteiger partial charge in [-0.25, -0.2) is 14.6 Å². The zero-order valence-electron chi connectivity index (χ0n) is 13.5. The molecule has 0 radical (unpaired) electrons. The van der Waals surface area contributed by atoms with Crippen LogP contribution in [0.5, 0.6) is 0 Å². The molecule has 0 atom stereocenters. The van der Waals surface area contributed by atoms with Crippen LogP contribution in [-0.2, 0) is 19.6 Å². The topological polar surface area (TPSA) is 131 Å². The first-order valence-corrected chi connectivity index (χ1v) is 8.87. The maximum Gasteiger partial charge on any atom is 0.343 e. The summed E-state index contributed by atoms with van der Waals surface area (Å²) in [6, 6.07) is 10.6. The van der Waals surface area contributed by atoms with Crippen molar-refractivity contribution in [2.75, 3.05) is 6.61 Å². The van der Waals surface area contributed by atoms with Crippen LogP contribution >= 0.6 is 0 Å². The Morgan fingerprint density at radius 1 is 1.27 bits per heavy atom. The summed E-state index contributed by atoms with van der Waals surface area (Å²) in [7, 11) is -4.48. The van der Waals surface area contributed by atoms with Gasteiger partial charge in [0.15, 0.2) is 5.03 Å². The molecule has 0 amide bonds. The normalized spacial score (nSPS) is 11.1. The number of H-pyrrole nitrogens is 1.